The Hall–Kier alpha value is -15.6. The number of aromatic amines is 1. The van der Waals surface area contributed by atoms with Gasteiger partial charge in [0.2, 0.25) is 5.96 Å². The van der Waals surface area contributed by atoms with Crippen molar-refractivity contribution in [2.45, 2.75) is 168 Å². The van der Waals surface area contributed by atoms with Crippen molar-refractivity contribution in [2.75, 3.05) is 42.6 Å². The number of hydrogen-bond acceptors (Lipinski definition) is 21. The molecule has 0 radical (unpaired) electrons. The van der Waals surface area contributed by atoms with E-state index in [1.54, 1.807) is 144 Å². The van der Waals surface area contributed by atoms with Crippen LogP contribution in [0.2, 0.25) is 20.1 Å². The van der Waals surface area contributed by atoms with E-state index < -0.39 is 35.1 Å². The summed E-state index contributed by atoms with van der Waals surface area (Å²) in [5.41, 5.74) is 32.2. The van der Waals surface area contributed by atoms with E-state index in [2.05, 4.69) is 115 Å². The summed E-state index contributed by atoms with van der Waals surface area (Å²) in [6.45, 7) is 17.6. The summed E-state index contributed by atoms with van der Waals surface area (Å²) in [5, 5.41) is 20.3. The van der Waals surface area contributed by atoms with Crippen molar-refractivity contribution in [2.24, 2.45) is 15.9 Å². The molecular weight excluding hydrogens is 1890 g/mol. The second kappa shape index (κ2) is 48.5. The van der Waals surface area contributed by atoms with Crippen LogP contribution in [0.3, 0.4) is 0 Å². The molecule has 0 atom stereocenters. The number of hydrogen-bond donors (Lipinski definition) is 9. The van der Waals surface area contributed by atoms with Gasteiger partial charge in [-0.3, -0.25) is 34.8 Å². The van der Waals surface area contributed by atoms with Gasteiger partial charge < -0.3 is 57.7 Å². The van der Waals surface area contributed by atoms with Gasteiger partial charge in [-0.2, -0.15) is 0 Å². The maximum absolute atomic E-state index is 13.1. The van der Waals surface area contributed by atoms with Gasteiger partial charge in [0.25, 0.3) is 11.8 Å². The lowest BCUT2D eigenvalue weighted by molar-refractivity contribution is 0.0468. The highest BCUT2D eigenvalue weighted by atomic mass is 35.5. The van der Waals surface area contributed by atoms with E-state index in [4.69, 9.17) is 83.5 Å². The van der Waals surface area contributed by atoms with Crippen LogP contribution in [0.1, 0.15) is 225 Å². The van der Waals surface area contributed by atoms with E-state index in [1.807, 2.05) is 136 Å². The first-order valence-corrected chi connectivity index (χ1v) is 48.1. The number of guanidine groups is 1. The van der Waals surface area contributed by atoms with E-state index in [0.29, 0.717) is 164 Å². The lowest BCUT2D eigenvalue weighted by atomic mass is 9.82. The van der Waals surface area contributed by atoms with Crippen molar-refractivity contribution in [1.29, 1.82) is 0 Å². The minimum atomic E-state index is -0.733. The van der Waals surface area contributed by atoms with Crippen molar-refractivity contribution in [1.82, 2.24) is 56.1 Å². The number of rotatable bonds is 15. The number of benzene rings is 8. The van der Waals surface area contributed by atoms with E-state index in [1.165, 1.54) is 0 Å². The Morgan fingerprint density at radius 1 is 0.462 bits per heavy atom. The second-order valence-corrected chi connectivity index (χ2v) is 38.9. The summed E-state index contributed by atoms with van der Waals surface area (Å²) >= 11 is 24.6. The van der Waals surface area contributed by atoms with E-state index >= 15 is 0 Å². The highest BCUT2D eigenvalue weighted by Gasteiger charge is 2.30. The first-order valence-electron chi connectivity index (χ1n) is 46.6. The van der Waals surface area contributed by atoms with Gasteiger partial charge in [0.1, 0.15) is 40.1 Å². The molecule has 0 unspecified atom stereocenters. The molecule has 143 heavy (non-hydrogen) atoms. The number of carbonyl (C=O) groups excluding carboxylic acids is 7. The molecule has 1 saturated heterocycles. The van der Waals surface area contributed by atoms with Crippen molar-refractivity contribution >= 4 is 167 Å². The Labute approximate surface area is 850 Å². The van der Waals surface area contributed by atoms with Crippen LogP contribution in [0.4, 0.5) is 37.7 Å². The molecule has 1 saturated carbocycles. The maximum atomic E-state index is 13.1. The molecule has 13 N–H and O–H groups in total. The Kier molecular flexibility index (Phi) is 35.5. The van der Waals surface area contributed by atoms with Crippen molar-refractivity contribution < 1.29 is 47.8 Å². The lowest BCUT2D eigenvalue weighted by Crippen LogP contribution is -2.47. The Balaban J connectivity index is 0.000000163. The fourth-order valence-electron chi connectivity index (χ4n) is 15.6. The number of likely N-dealkylation sites (tertiary alicyclic amines) is 1. The van der Waals surface area contributed by atoms with Gasteiger partial charge in [-0.15, -0.1) is 0 Å². The number of Topliss-reactive ketones (excluding diaryl/α,β-unsaturated/α-hetero) is 2. The van der Waals surface area contributed by atoms with Crippen LogP contribution in [0, 0.1) is 53.3 Å². The number of fused-ring (bicyclic) bond motifs is 4. The number of halogens is 4. The minimum absolute atomic E-state index is 0.0191. The smallest absolute Gasteiger partial charge is 0.414 e. The summed E-state index contributed by atoms with van der Waals surface area (Å²) in [5.74, 6) is 26.4. The SMILES string of the molecule is CC(C)(C)OC(=O)NC(=NC1CCC(CC(=O)c2ccc(C#Cc3c(N)ncc4ccc(Cl)cc34)cc2)CC1)NC(=O)OC(C)(C)C.CC(C)(C)OC(=O)NC1CCN(C(=O)c2cccc(C#Cc3c(N)ncc4ccc(Cl)cc34)c2)CC1.Nc1ncc2ccc(Cl)cc2c1C#Cc1ccc(C(=O)CCCC2=CCC=N2)cc1.Nc1ncc2ccc(Cl)cc2c1C#Cc1cccc(C(=O)NCCc2cnc[nH]2)c1. The van der Waals surface area contributed by atoms with Gasteiger partial charge >= 0.3 is 18.3 Å². The Morgan fingerprint density at radius 3 is 1.30 bits per heavy atom. The number of allylic oxidation sites excluding steroid dienone is 2. The number of piperidine rings is 1. The molecule has 2 aliphatic heterocycles. The van der Waals surface area contributed by atoms with Crippen LogP contribution in [-0.2, 0) is 20.6 Å². The molecule has 7 heterocycles. The number of imidazole rings is 1. The van der Waals surface area contributed by atoms with E-state index in [9.17, 15) is 33.6 Å². The normalized spacial score (nSPS) is 13.7. The number of alkyl carbamates (subject to hydrolysis) is 3. The third-order valence-electron chi connectivity index (χ3n) is 22.6. The standard InChI is InChI=1S/C36H42ClN5O5.C28H29ClN4O3.C25H20ClN3O.C23H18ClN5O/c1-35(2,3)46-33(44)41-32(42-34(45)47-36(4,5)6)40-27-16-9-23(10-17-27)19-30(43)24-12-7-22(8-13-24)11-18-28-29-20-26(37)15-14-25(29)21-39-31(28)38;1-28(2,3)36-27(35)32-22-11-13-33(14-12-22)26(34)19-6-4-5-18(15-19)7-10-23-24-16-21(29)9-8-20(24)17-31-25(23)30;26-20-12-11-19-16-29-25(27)22(23(19)15-20)13-8-17-6-9-18(10-7-17)24(30)5-1-3-21-4-2-14-28-21;24-18-6-5-17-12-28-22(25)20(21(17)11-18)7-4-15-2-1-3-16(10-15)23(30)27-9-8-19-13-26-14-29-19/h7-8,12-15,20-21,23,27H,9-10,16-17,19H2,1-6H3,(H2,38,39)(H2,40,41,42,44,45);4-6,8-9,15-17,22H,11-14H2,1-3H3,(H2,30,31)(H,32,35);4,6-7,9-12,14-16H,1-3,5H2,(H2,27,29);1-3,5-6,10-14H,8-9H2,(H2,25,28)(H,26,29)(H,27,30). The van der Waals surface area contributed by atoms with Crippen LogP contribution >= 0.6 is 46.4 Å². The lowest BCUT2D eigenvalue weighted by Gasteiger charge is -2.33. The van der Waals surface area contributed by atoms with Crippen LogP contribution in [0.5, 0.6) is 0 Å². The fourth-order valence-corrected chi connectivity index (χ4v) is 16.3. The molecule has 1 aliphatic carbocycles. The number of anilines is 4. The zero-order valence-electron chi connectivity index (χ0n) is 80.6. The molecule has 5 aromatic heterocycles. The molecule has 8 aromatic carbocycles. The van der Waals surface area contributed by atoms with Gasteiger partial charge in [0.05, 0.1) is 34.6 Å². The average Bonchev–Trinajstić information content (AvgIpc) is 1.35. The zero-order valence-corrected chi connectivity index (χ0v) is 83.6. The van der Waals surface area contributed by atoms with Crippen LogP contribution < -0.4 is 44.2 Å². The second-order valence-electron chi connectivity index (χ2n) is 37.2. The Morgan fingerprint density at radius 2 is 0.881 bits per heavy atom. The summed E-state index contributed by atoms with van der Waals surface area (Å²) < 4.78 is 16.0. The minimum Gasteiger partial charge on any atom is -0.444 e. The summed E-state index contributed by atoms with van der Waals surface area (Å²) in [6, 6.07) is 50.8. The topological polar surface area (TPSA) is 408 Å². The fraction of sp³-hybridized carbons (Fsp3) is 0.268. The number of ether oxygens (including phenoxy) is 3. The molecule has 31 heteroatoms. The third-order valence-corrected chi connectivity index (χ3v) is 23.6. The molecule has 3 aliphatic rings. The number of nitrogens with two attached hydrogens (primary N) is 4. The highest BCUT2D eigenvalue weighted by molar-refractivity contribution is 6.32. The van der Waals surface area contributed by atoms with Crippen molar-refractivity contribution in [3.05, 3.63) is 311 Å². The number of carbonyl (C=O) groups is 7. The van der Waals surface area contributed by atoms with Gasteiger partial charge in [0, 0.05) is 208 Å². The highest BCUT2D eigenvalue weighted by Crippen LogP contribution is 2.34. The molecule has 13 aromatic rings. The number of aromatic nitrogens is 6. The summed E-state index contributed by atoms with van der Waals surface area (Å²) in [6.07, 6.45) is 20.7. The summed E-state index contributed by atoms with van der Waals surface area (Å²) in [4.78, 5) is 123. The number of nitrogens with zero attached hydrogens (tertiary/aromatic N) is 8. The monoisotopic (exact) mass is 1990 g/mol. The number of pyridine rings is 4. The molecule has 2 fully saturated rings. The molecule has 5 amide bonds. The van der Waals surface area contributed by atoms with E-state index in [-0.39, 0.29) is 47.3 Å². The molecular formula is C112H109Cl4N17O10. The van der Waals surface area contributed by atoms with Gasteiger partial charge in [0.15, 0.2) is 11.6 Å². The van der Waals surface area contributed by atoms with Crippen molar-refractivity contribution in [3.63, 3.8) is 0 Å². The van der Waals surface area contributed by atoms with Gasteiger partial charge in [-0.25, -0.2) is 44.3 Å². The number of ketones is 2. The number of nitrogens with one attached hydrogen (secondary N) is 5. The zero-order chi connectivity index (χ0) is 102. The molecule has 0 spiro atoms. The average molecular weight is 2000 g/mol. The Bertz CT molecular complexity index is 7260. The van der Waals surface area contributed by atoms with Gasteiger partial charge in [-0.05, 0) is 229 Å². The predicted molar refractivity (Wildman–Crippen MR) is 568 cm³/mol. The first-order chi connectivity index (χ1) is 68.3. The van der Waals surface area contributed by atoms with Gasteiger partial charge in [-0.1, -0.05) is 161 Å². The molecule has 16 rings (SSSR count). The number of amides is 5. The van der Waals surface area contributed by atoms with Crippen molar-refractivity contribution in [3.8, 4) is 47.4 Å². The van der Waals surface area contributed by atoms with Crippen LogP contribution in [0.15, 0.2) is 229 Å². The quantitative estimate of drug-likeness (QED) is 0.0151. The maximum Gasteiger partial charge on any atom is 0.414 e. The summed E-state index contributed by atoms with van der Waals surface area (Å²) in [7, 11) is 0. The molecule has 0 bridgehead atoms. The third kappa shape index (κ3) is 31.4. The molecule has 730 valence electrons. The van der Waals surface area contributed by atoms with E-state index in [0.717, 1.165) is 97.7 Å². The predicted octanol–water partition coefficient (Wildman–Crippen LogP) is 21.6. The number of nitrogen functional groups attached to an aromatic ring is 4. The largest absolute Gasteiger partial charge is 0.444 e. The first kappa shape index (κ1) is 105. The number of aliphatic imine (C=N–C) groups is 2. The van der Waals surface area contributed by atoms with Crippen LogP contribution in [0.25, 0.3) is 43.1 Å². The number of H-pyrrole nitrogens is 1. The van der Waals surface area contributed by atoms with Crippen LogP contribution in [-0.4, -0.2) is 137 Å². The molecule has 27 nitrogen and oxygen atoms in total.